The summed E-state index contributed by atoms with van der Waals surface area (Å²) in [6.07, 6.45) is 3.94. The summed E-state index contributed by atoms with van der Waals surface area (Å²) in [6, 6.07) is 6.60. The average molecular weight is 247 g/mol. The van der Waals surface area contributed by atoms with Crippen molar-refractivity contribution < 1.29 is 4.74 Å². The van der Waals surface area contributed by atoms with Crippen molar-refractivity contribution in [2.24, 2.45) is 5.73 Å². The van der Waals surface area contributed by atoms with Gasteiger partial charge in [-0.2, -0.15) is 0 Å². The van der Waals surface area contributed by atoms with E-state index >= 15 is 0 Å². The third-order valence-electron chi connectivity index (χ3n) is 3.68. The van der Waals surface area contributed by atoms with E-state index in [0.717, 1.165) is 6.54 Å². The number of amidine groups is 1. The summed E-state index contributed by atoms with van der Waals surface area (Å²) in [5, 5.41) is 7.57. The van der Waals surface area contributed by atoms with Gasteiger partial charge in [-0.15, -0.1) is 0 Å². The van der Waals surface area contributed by atoms with Gasteiger partial charge in [0.15, 0.2) is 0 Å². The zero-order chi connectivity index (χ0) is 13.1. The number of rotatable bonds is 5. The van der Waals surface area contributed by atoms with E-state index in [4.69, 9.17) is 15.9 Å². The molecule has 0 aliphatic heterocycles. The second kappa shape index (κ2) is 5.40. The second-order valence-electron chi connectivity index (χ2n) is 4.95. The molecule has 1 aliphatic rings. The molecule has 4 heteroatoms. The average Bonchev–Trinajstić information content (AvgIpc) is 2.26. The minimum Gasteiger partial charge on any atom is -0.496 e. The number of methoxy groups -OCH3 is 1. The minimum absolute atomic E-state index is 0.0556. The Labute approximate surface area is 108 Å². The molecule has 0 spiro atoms. The quantitative estimate of drug-likeness (QED) is 0.617. The molecule has 18 heavy (non-hydrogen) atoms. The van der Waals surface area contributed by atoms with Gasteiger partial charge in [0.2, 0.25) is 0 Å². The lowest BCUT2D eigenvalue weighted by Gasteiger charge is -2.34. The summed E-state index contributed by atoms with van der Waals surface area (Å²) in [4.78, 5) is 2.37. The summed E-state index contributed by atoms with van der Waals surface area (Å²) in [5.74, 6) is 0.720. The lowest BCUT2D eigenvalue weighted by atomic mass is 9.91. The third-order valence-corrected chi connectivity index (χ3v) is 3.68. The van der Waals surface area contributed by atoms with Crippen LogP contribution >= 0.6 is 0 Å². The molecule has 1 aromatic rings. The van der Waals surface area contributed by atoms with Crippen molar-refractivity contribution in [2.75, 3.05) is 14.2 Å². The van der Waals surface area contributed by atoms with Crippen molar-refractivity contribution in [1.29, 1.82) is 5.41 Å². The Hall–Kier alpha value is -1.55. The highest BCUT2D eigenvalue weighted by atomic mass is 16.5. The van der Waals surface area contributed by atoms with Gasteiger partial charge < -0.3 is 10.5 Å². The molecular formula is C14H21N3O. The van der Waals surface area contributed by atoms with Gasteiger partial charge in [-0.05, 0) is 37.6 Å². The van der Waals surface area contributed by atoms with Crippen LogP contribution in [0.15, 0.2) is 18.2 Å². The van der Waals surface area contributed by atoms with Crippen LogP contribution in [0.2, 0.25) is 0 Å². The Morgan fingerprint density at radius 2 is 2.22 bits per heavy atom. The van der Waals surface area contributed by atoms with Crippen LogP contribution in [-0.4, -0.2) is 30.9 Å². The SMILES string of the molecule is COc1ccc(CN(C)C2CCC2)cc1C(=N)N. The molecule has 3 N–H and O–H groups in total. The predicted molar refractivity (Wildman–Crippen MR) is 73.1 cm³/mol. The molecule has 0 aromatic heterocycles. The summed E-state index contributed by atoms with van der Waals surface area (Å²) >= 11 is 0. The van der Waals surface area contributed by atoms with Gasteiger partial charge in [0.25, 0.3) is 0 Å². The Balaban J connectivity index is 2.13. The first-order valence-electron chi connectivity index (χ1n) is 6.33. The van der Waals surface area contributed by atoms with Crippen LogP contribution in [0.3, 0.4) is 0 Å². The highest BCUT2D eigenvalue weighted by molar-refractivity contribution is 5.97. The lowest BCUT2D eigenvalue weighted by molar-refractivity contribution is 0.152. The normalized spacial score (nSPS) is 15.5. The van der Waals surface area contributed by atoms with E-state index in [2.05, 4.69) is 11.9 Å². The van der Waals surface area contributed by atoms with Gasteiger partial charge in [-0.3, -0.25) is 10.3 Å². The third kappa shape index (κ3) is 2.64. The first-order chi connectivity index (χ1) is 8.61. The molecule has 98 valence electrons. The monoisotopic (exact) mass is 247 g/mol. The zero-order valence-corrected chi connectivity index (χ0v) is 11.1. The topological polar surface area (TPSA) is 62.3 Å². The maximum absolute atomic E-state index is 7.57. The number of nitrogens with zero attached hydrogens (tertiary/aromatic N) is 1. The Bertz CT molecular complexity index is 441. The van der Waals surface area contributed by atoms with Crippen molar-refractivity contribution >= 4 is 5.84 Å². The fourth-order valence-corrected chi connectivity index (χ4v) is 2.31. The molecule has 2 rings (SSSR count). The van der Waals surface area contributed by atoms with Crippen LogP contribution in [0.4, 0.5) is 0 Å². The van der Waals surface area contributed by atoms with Crippen LogP contribution in [0, 0.1) is 5.41 Å². The van der Waals surface area contributed by atoms with Crippen LogP contribution in [0.5, 0.6) is 5.75 Å². The molecule has 1 saturated carbocycles. The van der Waals surface area contributed by atoms with Gasteiger partial charge in [-0.25, -0.2) is 0 Å². The molecule has 1 fully saturated rings. The fourth-order valence-electron chi connectivity index (χ4n) is 2.31. The Morgan fingerprint density at radius 3 is 2.72 bits per heavy atom. The highest BCUT2D eigenvalue weighted by Gasteiger charge is 2.22. The standard InChI is InChI=1S/C14H21N3O/c1-17(11-4-3-5-11)9-10-6-7-13(18-2)12(8-10)14(15)16/h6-8,11H,3-5,9H2,1-2H3,(H3,15,16). The Morgan fingerprint density at radius 1 is 1.50 bits per heavy atom. The first-order valence-corrected chi connectivity index (χ1v) is 6.33. The highest BCUT2D eigenvalue weighted by Crippen LogP contribution is 2.26. The molecule has 0 unspecified atom stereocenters. The van der Waals surface area contributed by atoms with Gasteiger partial charge in [0.05, 0.1) is 12.7 Å². The van der Waals surface area contributed by atoms with E-state index in [9.17, 15) is 0 Å². The lowest BCUT2D eigenvalue weighted by Crippen LogP contribution is -2.36. The van der Waals surface area contributed by atoms with Crippen LogP contribution in [0.25, 0.3) is 0 Å². The molecule has 1 aromatic carbocycles. The van der Waals surface area contributed by atoms with Gasteiger partial charge in [0.1, 0.15) is 11.6 Å². The molecule has 1 aliphatic carbocycles. The summed E-state index contributed by atoms with van der Waals surface area (Å²) in [5.41, 5.74) is 7.43. The van der Waals surface area contributed by atoms with E-state index in [1.165, 1.54) is 24.8 Å². The van der Waals surface area contributed by atoms with Gasteiger partial charge >= 0.3 is 0 Å². The van der Waals surface area contributed by atoms with E-state index < -0.39 is 0 Å². The largest absolute Gasteiger partial charge is 0.496 e. The summed E-state index contributed by atoms with van der Waals surface area (Å²) in [6.45, 7) is 0.898. The number of hydrogen-bond acceptors (Lipinski definition) is 3. The van der Waals surface area contributed by atoms with Crippen LogP contribution < -0.4 is 10.5 Å². The Kier molecular flexibility index (Phi) is 3.87. The second-order valence-corrected chi connectivity index (χ2v) is 4.95. The summed E-state index contributed by atoms with van der Waals surface area (Å²) < 4.78 is 5.21. The van der Waals surface area contributed by atoms with E-state index in [1.54, 1.807) is 7.11 Å². The van der Waals surface area contributed by atoms with Crippen molar-refractivity contribution in [1.82, 2.24) is 4.90 Å². The number of hydrogen-bond donors (Lipinski definition) is 2. The van der Waals surface area contributed by atoms with E-state index in [1.807, 2.05) is 18.2 Å². The maximum atomic E-state index is 7.57. The van der Waals surface area contributed by atoms with Crippen molar-refractivity contribution in [3.63, 3.8) is 0 Å². The molecule has 0 amide bonds. The molecular weight excluding hydrogens is 226 g/mol. The van der Waals surface area contributed by atoms with Gasteiger partial charge in [-0.1, -0.05) is 12.5 Å². The number of nitrogens with two attached hydrogens (primary N) is 1. The summed E-state index contributed by atoms with van der Waals surface area (Å²) in [7, 11) is 3.75. The number of nitrogens with one attached hydrogen (secondary N) is 1. The molecule has 0 saturated heterocycles. The first kappa shape index (κ1) is 12.9. The molecule has 0 radical (unpaired) electrons. The molecule has 0 atom stereocenters. The fraction of sp³-hybridized carbons (Fsp3) is 0.500. The predicted octanol–water partition coefficient (Wildman–Crippen LogP) is 1.96. The molecule has 0 heterocycles. The van der Waals surface area contributed by atoms with E-state index in [0.29, 0.717) is 17.4 Å². The number of ether oxygens (including phenoxy) is 1. The van der Waals surface area contributed by atoms with Crippen LogP contribution in [-0.2, 0) is 6.54 Å². The van der Waals surface area contributed by atoms with Crippen molar-refractivity contribution in [2.45, 2.75) is 31.8 Å². The molecule has 0 bridgehead atoms. The van der Waals surface area contributed by atoms with E-state index in [-0.39, 0.29) is 5.84 Å². The molecule has 4 nitrogen and oxygen atoms in total. The zero-order valence-electron chi connectivity index (χ0n) is 11.1. The van der Waals surface area contributed by atoms with Crippen LogP contribution in [0.1, 0.15) is 30.4 Å². The smallest absolute Gasteiger partial charge is 0.129 e. The van der Waals surface area contributed by atoms with Gasteiger partial charge in [0, 0.05) is 12.6 Å². The minimum atomic E-state index is 0.0556. The maximum Gasteiger partial charge on any atom is 0.129 e. The number of benzene rings is 1. The number of nitrogen functional groups attached to an aromatic ring is 1. The van der Waals surface area contributed by atoms with Crippen molar-refractivity contribution in [3.05, 3.63) is 29.3 Å². The van der Waals surface area contributed by atoms with Crippen molar-refractivity contribution in [3.8, 4) is 5.75 Å².